The summed E-state index contributed by atoms with van der Waals surface area (Å²) < 4.78 is 78.9. The molecule has 91 heavy (non-hydrogen) atoms. The summed E-state index contributed by atoms with van der Waals surface area (Å²) in [5, 5.41) is -0.460. The van der Waals surface area contributed by atoms with Crippen molar-refractivity contribution in [3.05, 3.63) is 99.1 Å². The Morgan fingerprint density at radius 1 is 0.385 bits per heavy atom. The first-order valence-corrected chi connectivity index (χ1v) is 38.3. The monoisotopic (exact) mass is 1320 g/mol. The Kier molecular flexibility index (Phi) is 24.9. The number of sulfonamides is 3. The lowest BCUT2D eigenvalue weighted by molar-refractivity contribution is -0.127. The first-order chi connectivity index (χ1) is 40.8. The highest BCUT2D eigenvalue weighted by molar-refractivity contribution is 7.91. The predicted octanol–water partition coefficient (Wildman–Crippen LogP) is 16.7. The molecule has 9 rings (SSSR count). The van der Waals surface area contributed by atoms with Gasteiger partial charge in [0.25, 0.3) is 0 Å². The molecule has 3 aromatic carbocycles. The normalized spacial score (nSPS) is 23.7. The zero-order valence-corrected chi connectivity index (χ0v) is 63.9. The first kappa shape index (κ1) is 79.2. The fraction of sp³-hybridized carbons (Fsp3) is 0.720. The van der Waals surface area contributed by atoms with Crippen molar-refractivity contribution < 1.29 is 44.4 Å². The molecule has 3 amide bonds. The Bertz CT molecular complexity index is 3290. The third-order valence-electron chi connectivity index (χ3n) is 19.0. The third kappa shape index (κ3) is 22.7. The topological polar surface area (TPSA) is 199 Å². The van der Waals surface area contributed by atoms with Crippen molar-refractivity contribution >= 4 is 47.8 Å². The van der Waals surface area contributed by atoms with Gasteiger partial charge in [0.1, 0.15) is 5.75 Å². The highest BCUT2D eigenvalue weighted by atomic mass is 32.2. The number of fused-ring (bicyclic) bond motifs is 3. The fourth-order valence-corrected chi connectivity index (χ4v) is 17.9. The van der Waals surface area contributed by atoms with E-state index in [1.165, 1.54) is 54.4 Å². The van der Waals surface area contributed by atoms with Crippen LogP contribution in [0.15, 0.2) is 54.6 Å². The summed E-state index contributed by atoms with van der Waals surface area (Å²) >= 11 is 0. The van der Waals surface area contributed by atoms with Crippen molar-refractivity contribution in [3.63, 3.8) is 0 Å². The number of aryl methyl sites for hydroxylation is 2. The van der Waals surface area contributed by atoms with Crippen LogP contribution in [0.2, 0.25) is 0 Å². The summed E-state index contributed by atoms with van der Waals surface area (Å²) in [6.07, 6.45) is 8.86. The molecule has 6 unspecified atom stereocenters. The van der Waals surface area contributed by atoms with Gasteiger partial charge in [-0.2, -0.15) is 0 Å². The van der Waals surface area contributed by atoms with Crippen LogP contribution in [-0.4, -0.2) is 66.3 Å². The molecule has 516 valence electrons. The van der Waals surface area contributed by atoms with Crippen molar-refractivity contribution in [2.45, 2.75) is 284 Å². The van der Waals surface area contributed by atoms with Gasteiger partial charge in [0.15, 0.2) is 0 Å². The van der Waals surface area contributed by atoms with Gasteiger partial charge in [0.2, 0.25) is 47.8 Å². The zero-order valence-electron chi connectivity index (χ0n) is 61.5. The standard InChI is InChI=1S/C18H28.C17H26O.C17H26.2C8H15NO3S.C7H13NO3S/c1-17(2,3)14-10-11-15-13(12-14)8-7-9-16(15)18(4,5)6;1-16(2,3)12-7-8-13-14(17(4,5)6)9-10-18-15(13)11-12;1-16(2,3)13-8-9-14-12(11-13)7-10-15(14)17(4,5)6;1-8(2,3)6-4-5-13(11,12)9-7(6)10;1-8(2,3)6-4-5-7(10)9-13(6,11)12;1-7(2,3)5-4-12(10,11)8-6(5)9/h10-12,16H,7-9H2,1-6H3;7-8,11,14H,9-10H2,1-6H3;8-9,11,15H,7,10H2,1-6H3;2*6H,4-5H2,1-3H3,(H,9,10);5H,4H2,1-3H3,(H,8,9). The molecule has 2 aliphatic carbocycles. The van der Waals surface area contributed by atoms with E-state index in [0.29, 0.717) is 41.4 Å². The molecule has 6 aliphatic rings. The van der Waals surface area contributed by atoms with E-state index in [-0.39, 0.29) is 67.6 Å². The van der Waals surface area contributed by atoms with Crippen LogP contribution in [0, 0.1) is 44.3 Å². The summed E-state index contributed by atoms with van der Waals surface area (Å²) in [7, 11) is -10.1. The maximum Gasteiger partial charge on any atom is 0.238 e. The minimum Gasteiger partial charge on any atom is -0.493 e. The molecule has 4 aliphatic heterocycles. The Labute approximate surface area is 554 Å². The second-order valence-corrected chi connectivity index (χ2v) is 41.7. The molecule has 0 spiro atoms. The Balaban J connectivity index is 0.000000235. The Morgan fingerprint density at radius 3 is 1.16 bits per heavy atom. The molecule has 16 heteroatoms. The van der Waals surface area contributed by atoms with Crippen LogP contribution < -0.4 is 18.9 Å². The van der Waals surface area contributed by atoms with Gasteiger partial charge in [-0.1, -0.05) is 235 Å². The number of hydrogen-bond donors (Lipinski definition) is 3. The van der Waals surface area contributed by atoms with Gasteiger partial charge in [-0.05, 0) is 168 Å². The fourth-order valence-electron chi connectivity index (χ4n) is 13.2. The van der Waals surface area contributed by atoms with Crippen LogP contribution in [0.5, 0.6) is 5.75 Å². The highest BCUT2D eigenvalue weighted by Gasteiger charge is 2.44. The molecule has 3 N–H and O–H groups in total. The van der Waals surface area contributed by atoms with Crippen molar-refractivity contribution in [2.24, 2.45) is 44.3 Å². The number of benzene rings is 3. The van der Waals surface area contributed by atoms with Crippen LogP contribution in [0.3, 0.4) is 0 Å². The Hall–Kier alpha value is -4.28. The lowest BCUT2D eigenvalue weighted by atomic mass is 9.68. The van der Waals surface area contributed by atoms with Crippen LogP contribution >= 0.6 is 0 Å². The van der Waals surface area contributed by atoms with Crippen LogP contribution in [0.1, 0.15) is 294 Å². The third-order valence-corrected chi connectivity index (χ3v) is 23.8. The molecular weight excluding hydrogens is 1200 g/mol. The summed E-state index contributed by atoms with van der Waals surface area (Å²) in [6, 6.07) is 21.2. The number of hydrogen-bond acceptors (Lipinski definition) is 10. The van der Waals surface area contributed by atoms with Gasteiger partial charge in [0.05, 0.1) is 29.3 Å². The molecule has 3 saturated heterocycles. The molecule has 0 saturated carbocycles. The smallest absolute Gasteiger partial charge is 0.238 e. The zero-order chi connectivity index (χ0) is 70.1. The quantitative estimate of drug-likeness (QED) is 0.195. The second-order valence-electron chi connectivity index (χ2n) is 36.3. The van der Waals surface area contributed by atoms with Crippen LogP contribution in [0.4, 0.5) is 0 Å². The summed E-state index contributed by atoms with van der Waals surface area (Å²) in [4.78, 5) is 33.4. The van der Waals surface area contributed by atoms with Crippen molar-refractivity contribution in [1.29, 1.82) is 0 Å². The van der Waals surface area contributed by atoms with E-state index in [0.717, 1.165) is 30.6 Å². The largest absolute Gasteiger partial charge is 0.493 e. The lowest BCUT2D eigenvalue weighted by Crippen LogP contribution is -2.48. The van der Waals surface area contributed by atoms with E-state index in [9.17, 15) is 39.6 Å². The maximum absolute atomic E-state index is 11.5. The van der Waals surface area contributed by atoms with Crippen LogP contribution in [0.25, 0.3) is 0 Å². The van der Waals surface area contributed by atoms with Crippen molar-refractivity contribution in [2.75, 3.05) is 18.1 Å². The maximum atomic E-state index is 11.5. The number of nitrogens with one attached hydrogen (secondary N) is 3. The highest BCUT2D eigenvalue weighted by Crippen LogP contribution is 2.48. The van der Waals surface area contributed by atoms with Gasteiger partial charge in [-0.25, -0.2) is 25.3 Å². The first-order valence-electron chi connectivity index (χ1n) is 33.4. The van der Waals surface area contributed by atoms with E-state index in [4.69, 9.17) is 4.74 Å². The lowest BCUT2D eigenvalue weighted by Gasteiger charge is -2.36. The SMILES string of the molecule is CC(C)(C)C1CCC(=O)NS1(=O)=O.CC(C)(C)C1CCS(=O)(=O)NC1=O.CC(C)(C)C1CS(=O)(=O)NC1=O.CC(C)(C)c1ccc2c(c1)CCC2C(C)(C)C.CC(C)(C)c1ccc2c(c1)CCCC2C(C)(C)C.CC(C)(C)c1ccc2c(c1)OCCC2C(C)(C)C. The summed E-state index contributed by atoms with van der Waals surface area (Å²) in [6.45, 7) is 59.6. The van der Waals surface area contributed by atoms with Gasteiger partial charge in [-0.3, -0.25) is 28.5 Å². The van der Waals surface area contributed by atoms with E-state index >= 15 is 0 Å². The molecule has 6 atom stereocenters. The van der Waals surface area contributed by atoms with E-state index in [2.05, 4.69) is 179 Å². The van der Waals surface area contributed by atoms with Gasteiger partial charge in [0, 0.05) is 12.3 Å². The molecule has 3 fully saturated rings. The molecule has 13 nitrogen and oxygen atoms in total. The van der Waals surface area contributed by atoms with E-state index in [1.54, 1.807) is 22.3 Å². The molecule has 3 aromatic rings. The minimum absolute atomic E-state index is 0.0562. The number of rotatable bonds is 0. The van der Waals surface area contributed by atoms with Crippen LogP contribution in [-0.2, 0) is 73.5 Å². The summed E-state index contributed by atoms with van der Waals surface area (Å²) in [5.41, 5.74) is 13.2. The second kappa shape index (κ2) is 28.6. The number of carbonyl (C=O) groups is 3. The van der Waals surface area contributed by atoms with Gasteiger partial charge >= 0.3 is 0 Å². The van der Waals surface area contributed by atoms with Gasteiger partial charge < -0.3 is 4.74 Å². The number of amides is 3. The van der Waals surface area contributed by atoms with Crippen molar-refractivity contribution in [3.8, 4) is 5.75 Å². The summed E-state index contributed by atoms with van der Waals surface area (Å²) in [5.74, 6) is 1.43. The molecule has 0 bridgehead atoms. The molecule has 0 aromatic heterocycles. The molecule has 0 radical (unpaired) electrons. The average Bonchev–Trinajstić information content (AvgIpc) is 1.56. The Morgan fingerprint density at radius 2 is 0.780 bits per heavy atom. The predicted molar refractivity (Wildman–Crippen MR) is 377 cm³/mol. The molecule has 4 heterocycles. The molecular formula is C75H123N3O10S3. The number of ether oxygens (including phenoxy) is 1. The van der Waals surface area contributed by atoms with E-state index in [1.807, 2.05) is 76.5 Å². The van der Waals surface area contributed by atoms with Crippen molar-refractivity contribution in [1.82, 2.24) is 14.2 Å². The minimum atomic E-state index is -3.43. The van der Waals surface area contributed by atoms with Gasteiger partial charge in [-0.15, -0.1) is 0 Å². The van der Waals surface area contributed by atoms with E-state index < -0.39 is 41.2 Å². The number of carbonyl (C=O) groups excluding carboxylic acids is 3. The average molecular weight is 1320 g/mol.